The summed E-state index contributed by atoms with van der Waals surface area (Å²) >= 11 is 1.37. The minimum Gasteiger partial charge on any atom is -0.484 e. The lowest BCUT2D eigenvalue weighted by molar-refractivity contribution is 0.0970. The zero-order chi connectivity index (χ0) is 13.3. The quantitative estimate of drug-likeness (QED) is 0.876. The molecule has 0 spiro atoms. The zero-order valence-corrected chi connectivity index (χ0v) is 11.9. The number of nitrogens with two attached hydrogens (primary N) is 1. The molecule has 1 fully saturated rings. The number of rotatable bonds is 3. The van der Waals surface area contributed by atoms with Gasteiger partial charge in [0, 0.05) is 13.1 Å². The summed E-state index contributed by atoms with van der Waals surface area (Å²) in [4.78, 5) is 2.21. The van der Waals surface area contributed by atoms with E-state index in [1.807, 2.05) is 13.8 Å². The topological polar surface area (TPSA) is 71.6 Å². The Kier molecular flexibility index (Phi) is 3.97. The largest absolute Gasteiger partial charge is 0.484 e. The first-order valence-corrected chi connectivity index (χ1v) is 7.11. The lowest BCUT2D eigenvalue weighted by Crippen LogP contribution is -2.41. The number of aliphatic hydroxyl groups is 1. The van der Waals surface area contributed by atoms with Crippen LogP contribution in [0.5, 0.6) is 5.75 Å². The fraction of sp³-hybridized carbons (Fsp3) is 0.750. The molecule has 1 aromatic rings. The van der Waals surface area contributed by atoms with Gasteiger partial charge in [-0.15, -0.1) is 0 Å². The lowest BCUT2D eigenvalue weighted by Gasteiger charge is -2.35. The van der Waals surface area contributed by atoms with Gasteiger partial charge in [-0.1, -0.05) is 6.92 Å². The molecule has 0 bridgehead atoms. The predicted molar refractivity (Wildman–Crippen MR) is 74.3 cm³/mol. The van der Waals surface area contributed by atoms with Crippen LogP contribution in [-0.4, -0.2) is 34.8 Å². The Morgan fingerprint density at radius 2 is 2.28 bits per heavy atom. The minimum atomic E-state index is -0.207. The normalized spacial score (nSPS) is 24.6. The van der Waals surface area contributed by atoms with Gasteiger partial charge in [0.1, 0.15) is 0 Å². The Morgan fingerprint density at radius 3 is 2.89 bits per heavy atom. The summed E-state index contributed by atoms with van der Waals surface area (Å²) in [5.41, 5.74) is 5.86. The first-order chi connectivity index (χ1) is 8.49. The van der Waals surface area contributed by atoms with Crippen molar-refractivity contribution in [3.8, 4) is 5.75 Å². The van der Waals surface area contributed by atoms with Crippen molar-refractivity contribution in [3.63, 3.8) is 0 Å². The predicted octanol–water partition coefficient (Wildman–Crippen LogP) is 1.72. The van der Waals surface area contributed by atoms with E-state index in [2.05, 4.69) is 16.2 Å². The average Bonchev–Trinajstić information content (AvgIpc) is 2.64. The van der Waals surface area contributed by atoms with E-state index < -0.39 is 0 Å². The van der Waals surface area contributed by atoms with E-state index in [1.54, 1.807) is 0 Å². The van der Waals surface area contributed by atoms with Gasteiger partial charge < -0.3 is 20.5 Å². The van der Waals surface area contributed by atoms with Gasteiger partial charge in [0.25, 0.3) is 0 Å². The second kappa shape index (κ2) is 5.32. The summed E-state index contributed by atoms with van der Waals surface area (Å²) < 4.78 is 9.93. The molecule has 1 aromatic heterocycles. The van der Waals surface area contributed by atoms with Crippen LogP contribution in [-0.2, 0) is 0 Å². The number of nitrogens with zero attached hydrogens (tertiary/aromatic N) is 2. The van der Waals surface area contributed by atoms with E-state index in [0.717, 1.165) is 24.5 Å². The van der Waals surface area contributed by atoms with Crippen LogP contribution in [0, 0.1) is 5.92 Å². The van der Waals surface area contributed by atoms with Crippen molar-refractivity contribution in [1.29, 1.82) is 0 Å². The van der Waals surface area contributed by atoms with Gasteiger partial charge in [-0.3, -0.25) is 0 Å². The third-order valence-electron chi connectivity index (χ3n) is 3.16. The highest BCUT2D eigenvalue weighted by atomic mass is 32.1. The van der Waals surface area contributed by atoms with Gasteiger partial charge in [-0.25, -0.2) is 0 Å². The smallest absolute Gasteiger partial charge is 0.198 e. The Labute approximate surface area is 112 Å². The molecule has 2 unspecified atom stereocenters. The molecular formula is C12H21N3O2S. The molecule has 1 saturated heterocycles. The van der Waals surface area contributed by atoms with Crippen molar-refractivity contribution < 1.29 is 9.84 Å². The van der Waals surface area contributed by atoms with Crippen LogP contribution in [0.1, 0.15) is 27.2 Å². The first-order valence-electron chi connectivity index (χ1n) is 6.33. The molecular weight excluding hydrogens is 250 g/mol. The van der Waals surface area contributed by atoms with Gasteiger partial charge in [0.2, 0.25) is 0 Å². The van der Waals surface area contributed by atoms with Gasteiger partial charge in [0.15, 0.2) is 16.6 Å². The molecule has 1 aliphatic rings. The van der Waals surface area contributed by atoms with E-state index in [4.69, 9.17) is 10.5 Å². The van der Waals surface area contributed by atoms with Gasteiger partial charge in [0.05, 0.1) is 12.2 Å². The molecule has 0 radical (unpaired) electrons. The highest BCUT2D eigenvalue weighted by molar-refractivity contribution is 7.11. The van der Waals surface area contributed by atoms with Crippen LogP contribution in [0.4, 0.5) is 10.8 Å². The van der Waals surface area contributed by atoms with E-state index >= 15 is 0 Å². The summed E-state index contributed by atoms with van der Waals surface area (Å²) in [5, 5.41) is 10.8. The molecule has 0 amide bonds. The molecule has 2 atom stereocenters. The highest BCUT2D eigenvalue weighted by Crippen LogP contribution is 2.40. The Balaban J connectivity index is 2.18. The summed E-state index contributed by atoms with van der Waals surface area (Å²) in [7, 11) is 0. The van der Waals surface area contributed by atoms with E-state index in [1.165, 1.54) is 11.5 Å². The molecule has 0 saturated carbocycles. The first kappa shape index (κ1) is 13.4. The summed E-state index contributed by atoms with van der Waals surface area (Å²) in [5.74, 6) is 1.41. The lowest BCUT2D eigenvalue weighted by atomic mass is 9.97. The second-order valence-electron chi connectivity index (χ2n) is 5.15. The number of aliphatic hydroxyl groups excluding tert-OH is 1. The molecule has 102 valence electrons. The highest BCUT2D eigenvalue weighted by Gasteiger charge is 2.28. The molecule has 3 N–H and O–H groups in total. The third-order valence-corrected chi connectivity index (χ3v) is 4.06. The van der Waals surface area contributed by atoms with E-state index in [9.17, 15) is 5.11 Å². The third kappa shape index (κ3) is 2.70. The van der Waals surface area contributed by atoms with Gasteiger partial charge in [-0.2, -0.15) is 4.37 Å². The van der Waals surface area contributed by atoms with E-state index in [0.29, 0.717) is 11.6 Å². The van der Waals surface area contributed by atoms with Crippen molar-refractivity contribution in [2.75, 3.05) is 23.7 Å². The van der Waals surface area contributed by atoms with Crippen LogP contribution < -0.4 is 15.4 Å². The van der Waals surface area contributed by atoms with E-state index in [-0.39, 0.29) is 18.1 Å². The van der Waals surface area contributed by atoms with Crippen LogP contribution >= 0.6 is 11.5 Å². The van der Waals surface area contributed by atoms with Crippen molar-refractivity contribution in [2.45, 2.75) is 39.4 Å². The number of anilines is 2. The molecule has 6 heteroatoms. The number of hydrogen-bond acceptors (Lipinski definition) is 6. The SMILES string of the molecule is CC(C)Oc1c(N)nsc1N1CCC(O)C(C)C1. The summed E-state index contributed by atoms with van der Waals surface area (Å²) in [6, 6.07) is 0. The summed E-state index contributed by atoms with van der Waals surface area (Å²) in [6.45, 7) is 7.65. The van der Waals surface area contributed by atoms with Crippen molar-refractivity contribution >= 4 is 22.4 Å². The maximum Gasteiger partial charge on any atom is 0.198 e. The fourth-order valence-electron chi connectivity index (χ4n) is 2.15. The second-order valence-corrected chi connectivity index (χ2v) is 5.90. The Morgan fingerprint density at radius 1 is 1.56 bits per heavy atom. The number of aromatic nitrogens is 1. The fourth-order valence-corrected chi connectivity index (χ4v) is 2.93. The Hall–Kier alpha value is -1.01. The summed E-state index contributed by atoms with van der Waals surface area (Å²) in [6.07, 6.45) is 0.649. The number of hydrogen-bond donors (Lipinski definition) is 2. The molecule has 1 aliphatic heterocycles. The molecule has 0 aromatic carbocycles. The number of ether oxygens (including phenoxy) is 1. The molecule has 5 nitrogen and oxygen atoms in total. The molecule has 18 heavy (non-hydrogen) atoms. The maximum absolute atomic E-state index is 9.77. The number of piperidine rings is 1. The molecule has 2 heterocycles. The van der Waals surface area contributed by atoms with Crippen molar-refractivity contribution in [2.24, 2.45) is 5.92 Å². The minimum absolute atomic E-state index is 0.0789. The molecule has 2 rings (SSSR count). The van der Waals surface area contributed by atoms with Gasteiger partial charge in [-0.05, 0) is 37.7 Å². The van der Waals surface area contributed by atoms with Crippen LogP contribution in [0.2, 0.25) is 0 Å². The van der Waals surface area contributed by atoms with Crippen LogP contribution in [0.25, 0.3) is 0 Å². The standard InChI is InChI=1S/C12H21N3O2S/c1-7(2)17-10-11(13)14-18-12(10)15-5-4-9(16)8(3)6-15/h7-9,16H,4-6H2,1-3H3,(H2,13,14). The van der Waals surface area contributed by atoms with Crippen molar-refractivity contribution in [3.05, 3.63) is 0 Å². The Bertz CT molecular complexity index is 408. The maximum atomic E-state index is 9.77. The van der Waals surface area contributed by atoms with Crippen LogP contribution in [0.3, 0.4) is 0 Å². The zero-order valence-electron chi connectivity index (χ0n) is 11.1. The number of nitrogen functional groups attached to an aromatic ring is 1. The van der Waals surface area contributed by atoms with Crippen LogP contribution in [0.15, 0.2) is 0 Å². The molecule has 0 aliphatic carbocycles. The average molecular weight is 271 g/mol. The monoisotopic (exact) mass is 271 g/mol. The van der Waals surface area contributed by atoms with Crippen molar-refractivity contribution in [1.82, 2.24) is 4.37 Å². The van der Waals surface area contributed by atoms with Gasteiger partial charge >= 0.3 is 0 Å².